The molecule has 11 nitrogen and oxygen atoms in total. The molecule has 0 bridgehead atoms. The van der Waals surface area contributed by atoms with Crippen LogP contribution in [0, 0.1) is 6.92 Å². The maximum Gasteiger partial charge on any atom is 0.322 e. The fourth-order valence-corrected chi connectivity index (χ4v) is 2.28. The molecule has 1 aromatic heterocycles. The fraction of sp³-hybridized carbons (Fsp3) is 0.500. The van der Waals surface area contributed by atoms with E-state index >= 15 is 0 Å². The van der Waals surface area contributed by atoms with Crippen LogP contribution in [-0.2, 0) is 24.0 Å². The lowest BCUT2D eigenvalue weighted by atomic mass is 10.4. The zero-order valence-corrected chi connectivity index (χ0v) is 16.7. The zero-order chi connectivity index (χ0) is 21.5. The summed E-state index contributed by atoms with van der Waals surface area (Å²) >= 11 is 0.702. The summed E-state index contributed by atoms with van der Waals surface area (Å²) in [7, 11) is 0. The number of carboxylic acids is 1. The average Bonchev–Trinajstić information content (AvgIpc) is 3.09. The number of carbonyl (C=O) groups is 5. The van der Waals surface area contributed by atoms with E-state index in [0.717, 1.165) is 5.69 Å². The predicted octanol–water partition coefficient (Wildman–Crippen LogP) is -0.804. The van der Waals surface area contributed by atoms with Gasteiger partial charge in [0.05, 0.1) is 18.1 Å². The third-order valence-corrected chi connectivity index (χ3v) is 3.86. The second-order valence-electron chi connectivity index (χ2n) is 5.49. The van der Waals surface area contributed by atoms with E-state index in [4.69, 9.17) is 5.11 Å². The molecule has 1 unspecified atom stereocenters. The van der Waals surface area contributed by atoms with Gasteiger partial charge in [0.1, 0.15) is 6.54 Å². The van der Waals surface area contributed by atoms with Gasteiger partial charge in [0.15, 0.2) is 0 Å². The molecule has 28 heavy (non-hydrogen) atoms. The molecule has 0 aromatic carbocycles. The van der Waals surface area contributed by atoms with Crippen molar-refractivity contribution in [3.8, 4) is 0 Å². The van der Waals surface area contributed by atoms with Crippen LogP contribution in [0.2, 0.25) is 0 Å². The fourth-order valence-electron chi connectivity index (χ4n) is 1.54. The first-order valence-electron chi connectivity index (χ1n) is 8.27. The Morgan fingerprint density at radius 1 is 1.18 bits per heavy atom. The molecule has 1 heterocycles. The zero-order valence-electron chi connectivity index (χ0n) is 15.9. The largest absolute Gasteiger partial charge is 0.480 e. The van der Waals surface area contributed by atoms with Gasteiger partial charge in [0.2, 0.25) is 22.8 Å². The van der Waals surface area contributed by atoms with E-state index in [1.807, 2.05) is 6.92 Å². The molecule has 0 aliphatic carbocycles. The molecular weight excluding hydrogens is 390 g/mol. The molecule has 156 valence electrons. The summed E-state index contributed by atoms with van der Waals surface area (Å²) in [5, 5.41) is 14.2. The van der Waals surface area contributed by atoms with Gasteiger partial charge in [-0.1, -0.05) is 11.8 Å². The van der Waals surface area contributed by atoms with Crippen LogP contribution in [0.3, 0.4) is 0 Å². The molecule has 0 aliphatic rings. The van der Waals surface area contributed by atoms with Crippen molar-refractivity contribution >= 4 is 40.6 Å². The minimum Gasteiger partial charge on any atom is -0.480 e. The Labute approximate surface area is 166 Å². The number of aromatic nitrogens is 2. The van der Waals surface area contributed by atoms with Gasteiger partial charge in [0.25, 0.3) is 0 Å². The number of hydrogen-bond acceptors (Lipinski definition) is 7. The second-order valence-corrected chi connectivity index (χ2v) is 6.89. The first-order chi connectivity index (χ1) is 13.1. The molecule has 0 saturated heterocycles. The molecular formula is C16H25N5O6S. The van der Waals surface area contributed by atoms with E-state index in [9.17, 15) is 24.0 Å². The Hall–Kier alpha value is -2.89. The number of aromatic amines is 1. The molecule has 3 amide bonds. The highest BCUT2D eigenvalue weighted by Gasteiger charge is 2.18. The van der Waals surface area contributed by atoms with Gasteiger partial charge in [-0.15, -0.1) is 0 Å². The van der Waals surface area contributed by atoms with Crippen LogP contribution in [0.5, 0.6) is 0 Å². The van der Waals surface area contributed by atoms with Crippen molar-refractivity contribution in [1.82, 2.24) is 25.9 Å². The van der Waals surface area contributed by atoms with Crippen molar-refractivity contribution in [2.24, 2.45) is 0 Å². The van der Waals surface area contributed by atoms with Gasteiger partial charge in [-0.3, -0.25) is 24.0 Å². The van der Waals surface area contributed by atoms with Gasteiger partial charge in [-0.25, -0.2) is 4.98 Å². The van der Waals surface area contributed by atoms with Crippen LogP contribution in [0.4, 0.5) is 0 Å². The number of imidazole rings is 1. The predicted molar refractivity (Wildman–Crippen MR) is 102 cm³/mol. The lowest BCUT2D eigenvalue weighted by Gasteiger charge is -2.10. The number of aryl methyl sites for hydroxylation is 1. The molecule has 0 saturated carbocycles. The smallest absolute Gasteiger partial charge is 0.322 e. The lowest BCUT2D eigenvalue weighted by Crippen LogP contribution is -2.36. The van der Waals surface area contributed by atoms with E-state index < -0.39 is 34.7 Å². The summed E-state index contributed by atoms with van der Waals surface area (Å²) < 4.78 is 0. The highest BCUT2D eigenvalue weighted by Crippen LogP contribution is 2.11. The molecule has 0 aliphatic heterocycles. The summed E-state index contributed by atoms with van der Waals surface area (Å²) in [6.45, 7) is 4.16. The van der Waals surface area contributed by atoms with E-state index in [2.05, 4.69) is 25.9 Å². The van der Waals surface area contributed by atoms with Crippen LogP contribution in [0.1, 0.15) is 26.0 Å². The van der Waals surface area contributed by atoms with Crippen LogP contribution >= 0.6 is 11.8 Å². The summed E-state index contributed by atoms with van der Waals surface area (Å²) in [4.78, 5) is 61.9. The number of carbonyl (C=O) groups excluding carboxylic acids is 4. The first-order valence-corrected chi connectivity index (χ1v) is 9.14. The van der Waals surface area contributed by atoms with Gasteiger partial charge < -0.3 is 26.0 Å². The minimum atomic E-state index is -1.18. The van der Waals surface area contributed by atoms with E-state index in [1.165, 1.54) is 13.8 Å². The van der Waals surface area contributed by atoms with Crippen LogP contribution in [0.25, 0.3) is 0 Å². The number of aliphatic carboxylic acids is 1. The number of nitrogens with zero attached hydrogens (tertiary/aromatic N) is 1. The molecule has 1 aromatic rings. The molecule has 0 radical (unpaired) electrons. The molecule has 1 rings (SSSR count). The Kier molecular flexibility index (Phi) is 12.7. The Morgan fingerprint density at radius 3 is 2.32 bits per heavy atom. The van der Waals surface area contributed by atoms with Crippen molar-refractivity contribution in [2.75, 3.05) is 19.6 Å². The summed E-state index contributed by atoms with van der Waals surface area (Å²) in [5.41, 5.74) is 1.11. The number of rotatable bonds is 9. The van der Waals surface area contributed by atoms with Gasteiger partial charge in [0, 0.05) is 31.8 Å². The van der Waals surface area contributed by atoms with Crippen molar-refractivity contribution in [2.45, 2.75) is 32.4 Å². The average molecular weight is 415 g/mol. The topological polar surface area (TPSA) is 170 Å². The summed E-state index contributed by atoms with van der Waals surface area (Å²) in [6.07, 6.45) is 3.49. The van der Waals surface area contributed by atoms with Crippen molar-refractivity contribution in [3.63, 3.8) is 0 Å². The lowest BCUT2D eigenvalue weighted by molar-refractivity contribution is -0.137. The quantitative estimate of drug-likeness (QED) is 0.349. The van der Waals surface area contributed by atoms with Gasteiger partial charge >= 0.3 is 5.97 Å². The summed E-state index contributed by atoms with van der Waals surface area (Å²) in [6, 6.07) is 0. The van der Waals surface area contributed by atoms with Gasteiger partial charge in [-0.05, 0) is 13.8 Å². The van der Waals surface area contributed by atoms with Crippen molar-refractivity contribution in [3.05, 3.63) is 18.2 Å². The maximum atomic E-state index is 11.6. The number of amides is 3. The number of hydrogen-bond donors (Lipinski definition) is 5. The molecule has 12 heteroatoms. The molecule has 5 N–H and O–H groups in total. The van der Waals surface area contributed by atoms with Crippen LogP contribution < -0.4 is 16.0 Å². The number of nitrogens with one attached hydrogen (secondary N) is 4. The van der Waals surface area contributed by atoms with Crippen molar-refractivity contribution < 1.29 is 29.1 Å². The van der Waals surface area contributed by atoms with Gasteiger partial charge in [-0.2, -0.15) is 0 Å². The third kappa shape index (κ3) is 14.3. The highest BCUT2D eigenvalue weighted by molar-refractivity contribution is 8.14. The first kappa shape index (κ1) is 25.1. The number of H-pyrrole nitrogens is 1. The number of thioether (sulfide) groups is 1. The van der Waals surface area contributed by atoms with Crippen LogP contribution in [-0.4, -0.2) is 68.8 Å². The third-order valence-electron chi connectivity index (χ3n) is 2.88. The van der Waals surface area contributed by atoms with E-state index in [1.54, 1.807) is 12.5 Å². The normalized spacial score (nSPS) is 10.7. The van der Waals surface area contributed by atoms with Crippen molar-refractivity contribution in [1.29, 1.82) is 0 Å². The second kappa shape index (κ2) is 14.2. The monoisotopic (exact) mass is 415 g/mol. The molecule has 0 spiro atoms. The molecule has 0 fully saturated rings. The summed E-state index contributed by atoms with van der Waals surface area (Å²) in [5.74, 6) is -2.40. The van der Waals surface area contributed by atoms with E-state index in [0.29, 0.717) is 11.8 Å². The maximum absolute atomic E-state index is 11.6. The number of carboxylic acid groups (broad SMARTS) is 1. The molecule has 1 atom stereocenters. The minimum absolute atomic E-state index is 0.0478. The SMILES string of the molecule is CC(=O)NCCC(=O)NCC(=O)SC(C)C(=O)NCC(=O)O.Cc1cnc[nH]1. The van der Waals surface area contributed by atoms with E-state index in [-0.39, 0.29) is 25.4 Å². The Balaban J connectivity index is 0.00000102. The standard InChI is InChI=1S/C12H19N3O6S.C4H6N2/c1-7(12(21)15-5-10(18)19)22-11(20)6-14-9(17)3-4-13-8(2)16;1-4-2-5-3-6-4/h7H,3-6H2,1-2H3,(H,13,16)(H,14,17)(H,15,21)(H,18,19);2-3H,1H3,(H,5,6). The Morgan fingerprint density at radius 2 is 1.86 bits per heavy atom. The van der Waals surface area contributed by atoms with Crippen LogP contribution in [0.15, 0.2) is 12.5 Å². The highest BCUT2D eigenvalue weighted by atomic mass is 32.2. The Bertz CT molecular complexity index is 664.